The molecular formula is C34H31N2O6P. The number of ether oxygens (including phenoxy) is 3. The van der Waals surface area contributed by atoms with E-state index < -0.39 is 30.4 Å². The molecule has 0 aromatic heterocycles. The number of hydrogen-bond acceptors (Lipinski definition) is 6. The predicted octanol–water partition coefficient (Wildman–Crippen LogP) is 4.92. The van der Waals surface area contributed by atoms with Crippen molar-refractivity contribution < 1.29 is 28.6 Å². The monoisotopic (exact) mass is 594 g/mol. The maximum atomic E-state index is 14.9. The molecule has 2 amide bonds. The Morgan fingerprint density at radius 1 is 0.651 bits per heavy atom. The van der Waals surface area contributed by atoms with Gasteiger partial charge >= 0.3 is 250 Å². The van der Waals surface area contributed by atoms with Crippen LogP contribution in [0.5, 0.6) is 0 Å². The molecule has 0 spiro atoms. The number of hydrogen-bond donors (Lipinski definition) is 0. The summed E-state index contributed by atoms with van der Waals surface area (Å²) < 4.78 is 20.2. The number of amides is 2. The zero-order valence-corrected chi connectivity index (χ0v) is 24.9. The van der Waals surface area contributed by atoms with Gasteiger partial charge < -0.3 is 0 Å². The molecule has 2 heterocycles. The van der Waals surface area contributed by atoms with Crippen molar-refractivity contribution in [3.63, 3.8) is 0 Å². The van der Waals surface area contributed by atoms with Crippen LogP contribution >= 0.6 is 6.90 Å². The first-order valence-electron chi connectivity index (χ1n) is 13.7. The Hall–Kier alpha value is -4.78. The van der Waals surface area contributed by atoms with E-state index in [0.29, 0.717) is 21.7 Å². The number of carbonyl (C=O) groups is 3. The number of fused-ring (bicyclic) bond motifs is 1. The first kappa shape index (κ1) is 28.3. The van der Waals surface area contributed by atoms with Crippen molar-refractivity contribution in [2.75, 3.05) is 28.1 Å². The summed E-state index contributed by atoms with van der Waals surface area (Å²) in [5.41, 5.74) is -0.320. The number of urea groups is 1. The summed E-state index contributed by atoms with van der Waals surface area (Å²) in [5.74, 6) is -1.48. The van der Waals surface area contributed by atoms with Crippen molar-refractivity contribution in [3.8, 4) is 0 Å². The molecule has 1 fully saturated rings. The molecule has 2 aliphatic rings. The van der Waals surface area contributed by atoms with Crippen molar-refractivity contribution in [3.05, 3.63) is 143 Å². The summed E-state index contributed by atoms with van der Waals surface area (Å²) in [4.78, 5) is 43.9. The van der Waals surface area contributed by atoms with Gasteiger partial charge in [-0.25, -0.2) is 0 Å². The van der Waals surface area contributed by atoms with Crippen molar-refractivity contribution in [2.45, 2.75) is 5.54 Å². The van der Waals surface area contributed by atoms with Crippen LogP contribution in [0.2, 0.25) is 0 Å². The Kier molecular flexibility index (Phi) is 6.92. The van der Waals surface area contributed by atoms with E-state index in [9.17, 15) is 14.4 Å². The fraction of sp³-hybridized carbons (Fsp3) is 0.147. The van der Waals surface area contributed by atoms with E-state index in [4.69, 9.17) is 14.2 Å². The van der Waals surface area contributed by atoms with Crippen molar-refractivity contribution in [2.24, 2.45) is 0 Å². The standard InChI is InChI=1S/C34H31N2O6P/c1-40-24-35-33(39)36-34(25-16-8-4-9-17-25,26-18-10-5-11-19-26)29(31(37)41-2)30(32(38)42-3)43(35,36,27-20-12-6-13-21-27)28-22-14-7-15-23-28/h4-23H,24H2,1-3H3. The van der Waals surface area contributed by atoms with Crippen LogP contribution in [0.25, 0.3) is 0 Å². The summed E-state index contributed by atoms with van der Waals surface area (Å²) in [6.07, 6.45) is 0. The van der Waals surface area contributed by atoms with Crippen LogP contribution in [0.4, 0.5) is 4.79 Å². The molecule has 0 radical (unpaired) electrons. The Morgan fingerprint density at radius 3 is 1.47 bits per heavy atom. The number of benzene rings is 4. The van der Waals surface area contributed by atoms with Gasteiger partial charge in [-0.2, -0.15) is 0 Å². The summed E-state index contributed by atoms with van der Waals surface area (Å²) in [7, 11) is 4.06. The van der Waals surface area contributed by atoms with Crippen molar-refractivity contribution in [1.29, 1.82) is 0 Å². The normalized spacial score (nSPS) is 18.6. The summed E-state index contributed by atoms with van der Waals surface area (Å²) in [6, 6.07) is 37.0. The second kappa shape index (κ2) is 10.5. The maximum absolute atomic E-state index is 14.9. The second-order valence-corrected chi connectivity index (χ2v) is 14.7. The molecular weight excluding hydrogens is 563 g/mol. The topological polar surface area (TPSA) is 85.4 Å². The third-order valence-electron chi connectivity index (χ3n) is 8.49. The van der Waals surface area contributed by atoms with E-state index >= 15 is 0 Å². The molecule has 2 aliphatic heterocycles. The van der Waals surface area contributed by atoms with Crippen molar-refractivity contribution in [1.82, 2.24) is 9.34 Å². The molecule has 8 nitrogen and oxygen atoms in total. The quantitative estimate of drug-likeness (QED) is 0.213. The molecule has 6 rings (SSSR count). The van der Waals surface area contributed by atoms with Crippen LogP contribution in [0.1, 0.15) is 11.1 Å². The molecule has 1 saturated heterocycles. The zero-order chi connectivity index (χ0) is 30.3. The number of carbonyl (C=O) groups excluding carboxylic acids is 3. The molecule has 218 valence electrons. The number of nitrogens with zero attached hydrogens (tertiary/aromatic N) is 2. The van der Waals surface area contributed by atoms with E-state index in [-0.39, 0.29) is 17.6 Å². The first-order valence-corrected chi connectivity index (χ1v) is 15.9. The Balaban J connectivity index is 1.98. The average molecular weight is 595 g/mol. The first-order chi connectivity index (χ1) is 21.0. The molecule has 4 aromatic rings. The predicted molar refractivity (Wildman–Crippen MR) is 165 cm³/mol. The number of methoxy groups -OCH3 is 3. The van der Waals surface area contributed by atoms with Gasteiger partial charge in [-0.15, -0.1) is 0 Å². The molecule has 0 atom stereocenters. The van der Waals surface area contributed by atoms with E-state index in [1.54, 1.807) is 9.34 Å². The van der Waals surface area contributed by atoms with Crippen molar-refractivity contribution >= 4 is 35.5 Å². The van der Waals surface area contributed by atoms with Crippen LogP contribution in [0, 0.1) is 0 Å². The minimum atomic E-state index is -4.63. The zero-order valence-electron chi connectivity index (χ0n) is 24.0. The van der Waals surface area contributed by atoms with Crippen LogP contribution in [-0.2, 0) is 29.3 Å². The number of rotatable bonds is 8. The molecule has 9 heteroatoms. The molecule has 0 saturated carbocycles. The molecule has 43 heavy (non-hydrogen) atoms. The molecule has 0 aliphatic carbocycles. The summed E-state index contributed by atoms with van der Waals surface area (Å²) in [6.45, 7) is -4.78. The molecule has 0 unspecified atom stereocenters. The van der Waals surface area contributed by atoms with E-state index in [2.05, 4.69) is 0 Å². The van der Waals surface area contributed by atoms with Gasteiger partial charge in [-0.3, -0.25) is 0 Å². The van der Waals surface area contributed by atoms with Crippen LogP contribution in [0.15, 0.2) is 132 Å². The van der Waals surface area contributed by atoms with E-state index in [1.165, 1.54) is 21.3 Å². The SMILES string of the molecule is COCN1C(=O)N2C(c3ccccc3)(c3ccccc3)C(C(=O)OC)=C(C(=O)OC)P12(c1ccccc1)c1ccccc1. The average Bonchev–Trinajstić information content (AvgIpc) is 3.31. The van der Waals surface area contributed by atoms with Crippen LogP contribution in [-0.4, -0.2) is 55.4 Å². The van der Waals surface area contributed by atoms with Crippen LogP contribution in [0.3, 0.4) is 0 Å². The van der Waals surface area contributed by atoms with Gasteiger partial charge in [0.2, 0.25) is 0 Å². The molecule has 4 aromatic carbocycles. The Labute approximate surface area is 250 Å². The third-order valence-corrected chi connectivity index (χ3v) is 14.8. The van der Waals surface area contributed by atoms with Gasteiger partial charge in [0.1, 0.15) is 0 Å². The summed E-state index contributed by atoms with van der Waals surface area (Å²) >= 11 is 0. The molecule has 0 bridgehead atoms. The summed E-state index contributed by atoms with van der Waals surface area (Å²) in [5, 5.41) is 1.42. The van der Waals surface area contributed by atoms with E-state index in [0.717, 1.165) is 0 Å². The second-order valence-electron chi connectivity index (χ2n) is 10.3. The van der Waals surface area contributed by atoms with Gasteiger partial charge in [-0.05, 0) is 0 Å². The minimum absolute atomic E-state index is 0.0246. The van der Waals surface area contributed by atoms with Crippen LogP contribution < -0.4 is 10.6 Å². The fourth-order valence-corrected chi connectivity index (χ4v) is 14.1. The van der Waals surface area contributed by atoms with Gasteiger partial charge in [0.25, 0.3) is 0 Å². The van der Waals surface area contributed by atoms with Gasteiger partial charge in [0.05, 0.1) is 0 Å². The van der Waals surface area contributed by atoms with Gasteiger partial charge in [-0.1, -0.05) is 0 Å². The fourth-order valence-electron chi connectivity index (χ4n) is 7.06. The Morgan fingerprint density at radius 2 is 1.07 bits per heavy atom. The molecule has 0 N–H and O–H groups in total. The third kappa shape index (κ3) is 3.30. The van der Waals surface area contributed by atoms with E-state index in [1.807, 2.05) is 121 Å². The Bertz CT molecular complexity index is 1650. The van der Waals surface area contributed by atoms with Gasteiger partial charge in [0.15, 0.2) is 0 Å². The van der Waals surface area contributed by atoms with Gasteiger partial charge in [0, 0.05) is 0 Å². The number of esters is 2.